The zero-order chi connectivity index (χ0) is 16.6. The number of benzene rings is 2. The number of nitrogens with zero attached hydrogens (tertiary/aromatic N) is 1. The van der Waals surface area contributed by atoms with Crippen molar-refractivity contribution >= 4 is 26.5 Å². The predicted molar refractivity (Wildman–Crippen MR) is 93.2 cm³/mol. The Hall–Kier alpha value is -2.40. The zero-order valence-corrected chi connectivity index (χ0v) is 14.1. The van der Waals surface area contributed by atoms with E-state index in [2.05, 4.69) is 9.71 Å². The average Bonchev–Trinajstić information content (AvgIpc) is 2.45. The minimum atomic E-state index is -3.65. The number of nitrogens with one attached hydrogen (secondary N) is 1. The summed E-state index contributed by atoms with van der Waals surface area (Å²) in [6, 6.07) is 11.1. The smallest absolute Gasteiger partial charge is 0.262 e. The maximum Gasteiger partial charge on any atom is 0.262 e. The van der Waals surface area contributed by atoms with Gasteiger partial charge in [0.2, 0.25) is 0 Å². The first-order chi connectivity index (χ1) is 10.9. The Morgan fingerprint density at radius 2 is 1.70 bits per heavy atom. The van der Waals surface area contributed by atoms with Gasteiger partial charge in [0, 0.05) is 23.2 Å². The number of fused-ring (bicyclic) bond motifs is 1. The van der Waals surface area contributed by atoms with E-state index in [1.54, 1.807) is 18.5 Å². The number of rotatable bonds is 3. The van der Waals surface area contributed by atoms with Crippen LogP contribution in [0.2, 0.25) is 0 Å². The third kappa shape index (κ3) is 2.92. The summed E-state index contributed by atoms with van der Waals surface area (Å²) in [7, 11) is -3.65. The molecule has 0 saturated heterocycles. The van der Waals surface area contributed by atoms with Gasteiger partial charge in [-0.1, -0.05) is 29.8 Å². The highest BCUT2D eigenvalue weighted by Crippen LogP contribution is 2.28. The van der Waals surface area contributed by atoms with E-state index < -0.39 is 10.0 Å². The second-order valence-electron chi connectivity index (χ2n) is 5.74. The molecule has 1 heterocycles. The molecule has 4 nitrogen and oxygen atoms in total. The molecule has 3 aromatic rings. The molecule has 0 spiro atoms. The normalized spacial score (nSPS) is 11.6. The molecular formula is C18H18N2O2S. The average molecular weight is 326 g/mol. The van der Waals surface area contributed by atoms with Crippen molar-refractivity contribution in [2.45, 2.75) is 25.7 Å². The lowest BCUT2D eigenvalue weighted by Gasteiger charge is -2.15. The van der Waals surface area contributed by atoms with Gasteiger partial charge in [0.25, 0.3) is 10.0 Å². The highest BCUT2D eigenvalue weighted by Gasteiger charge is 2.20. The molecule has 23 heavy (non-hydrogen) atoms. The lowest BCUT2D eigenvalue weighted by molar-refractivity contribution is 0.600. The molecule has 0 aliphatic heterocycles. The van der Waals surface area contributed by atoms with E-state index in [-0.39, 0.29) is 0 Å². The fraction of sp³-hybridized carbons (Fsp3) is 0.167. The van der Waals surface area contributed by atoms with Gasteiger partial charge in [-0.05, 0) is 44.0 Å². The van der Waals surface area contributed by atoms with Crippen LogP contribution in [0.5, 0.6) is 0 Å². The lowest BCUT2D eigenvalue weighted by Crippen LogP contribution is -2.16. The van der Waals surface area contributed by atoms with Gasteiger partial charge < -0.3 is 0 Å². The number of hydrogen-bond acceptors (Lipinski definition) is 3. The second kappa shape index (κ2) is 5.66. The fourth-order valence-corrected chi connectivity index (χ4v) is 4.53. The Balaban J connectivity index is 2.12. The Morgan fingerprint density at radius 3 is 2.39 bits per heavy atom. The molecule has 3 rings (SSSR count). The molecule has 0 unspecified atom stereocenters. The predicted octanol–water partition coefficient (Wildman–Crippen LogP) is 3.96. The fourth-order valence-electron chi connectivity index (χ4n) is 3.00. The number of aryl methyl sites for hydroxylation is 3. The van der Waals surface area contributed by atoms with Crippen LogP contribution >= 0.6 is 0 Å². The van der Waals surface area contributed by atoms with Crippen molar-refractivity contribution in [2.24, 2.45) is 0 Å². The Kier molecular flexibility index (Phi) is 3.82. The quantitative estimate of drug-likeness (QED) is 0.792. The lowest BCUT2D eigenvalue weighted by atomic mass is 10.1. The third-order valence-corrected chi connectivity index (χ3v) is 5.47. The zero-order valence-electron chi connectivity index (χ0n) is 13.3. The summed E-state index contributed by atoms with van der Waals surface area (Å²) in [4.78, 5) is 4.41. The van der Waals surface area contributed by atoms with Crippen LogP contribution in [0.4, 0.5) is 5.69 Å². The van der Waals surface area contributed by atoms with Crippen LogP contribution in [-0.4, -0.2) is 13.4 Å². The van der Waals surface area contributed by atoms with Crippen molar-refractivity contribution in [2.75, 3.05) is 4.72 Å². The van der Waals surface area contributed by atoms with E-state index >= 15 is 0 Å². The first-order valence-electron chi connectivity index (χ1n) is 7.32. The van der Waals surface area contributed by atoms with Gasteiger partial charge >= 0.3 is 0 Å². The van der Waals surface area contributed by atoms with E-state index in [0.29, 0.717) is 10.6 Å². The molecule has 2 aromatic carbocycles. The van der Waals surface area contributed by atoms with Gasteiger partial charge in [-0.25, -0.2) is 8.42 Å². The molecular weight excluding hydrogens is 308 g/mol. The highest BCUT2D eigenvalue weighted by atomic mass is 32.2. The molecule has 5 heteroatoms. The molecule has 0 atom stereocenters. The maximum atomic E-state index is 12.9. The van der Waals surface area contributed by atoms with E-state index in [1.165, 1.54) is 0 Å². The van der Waals surface area contributed by atoms with Gasteiger partial charge in [-0.15, -0.1) is 0 Å². The third-order valence-electron chi connectivity index (χ3n) is 3.80. The SMILES string of the molecule is Cc1cc(C)c(S(=O)(=O)Nc2cccc3cnccc23)c(C)c1. The molecule has 0 bridgehead atoms. The van der Waals surface area contributed by atoms with Gasteiger partial charge in [-0.3, -0.25) is 9.71 Å². The molecule has 0 aliphatic carbocycles. The molecule has 0 radical (unpaired) electrons. The van der Waals surface area contributed by atoms with E-state index in [9.17, 15) is 8.42 Å². The Morgan fingerprint density at radius 1 is 1.00 bits per heavy atom. The summed E-state index contributed by atoms with van der Waals surface area (Å²) in [5, 5.41) is 1.72. The van der Waals surface area contributed by atoms with Crippen molar-refractivity contribution < 1.29 is 8.42 Å². The topological polar surface area (TPSA) is 59.1 Å². The van der Waals surface area contributed by atoms with Gasteiger partial charge in [-0.2, -0.15) is 0 Å². The Bertz CT molecular complexity index is 967. The van der Waals surface area contributed by atoms with Crippen molar-refractivity contribution in [1.82, 2.24) is 4.98 Å². The number of anilines is 1. The van der Waals surface area contributed by atoms with Crippen LogP contribution < -0.4 is 4.72 Å². The van der Waals surface area contributed by atoms with Crippen molar-refractivity contribution in [3.05, 3.63) is 65.5 Å². The number of aromatic nitrogens is 1. The summed E-state index contributed by atoms with van der Waals surface area (Å²) in [6.45, 7) is 5.60. The van der Waals surface area contributed by atoms with Gasteiger partial charge in [0.15, 0.2) is 0 Å². The monoisotopic (exact) mass is 326 g/mol. The number of hydrogen-bond donors (Lipinski definition) is 1. The first kappa shape index (κ1) is 15.5. The van der Waals surface area contributed by atoms with Crippen LogP contribution in [0.15, 0.2) is 53.7 Å². The summed E-state index contributed by atoms with van der Waals surface area (Å²) in [5.74, 6) is 0. The standard InChI is InChI=1S/C18H18N2O2S/c1-12-9-13(2)18(14(3)10-12)23(21,22)20-17-6-4-5-15-11-19-8-7-16(15)17/h4-11,20H,1-3H3. The molecule has 0 fully saturated rings. The van der Waals surface area contributed by atoms with Crippen molar-refractivity contribution in [3.63, 3.8) is 0 Å². The summed E-state index contributed by atoms with van der Waals surface area (Å²) in [6.07, 6.45) is 3.37. The largest absolute Gasteiger partial charge is 0.279 e. The number of sulfonamides is 1. The van der Waals surface area contributed by atoms with Crippen LogP contribution in [0.3, 0.4) is 0 Å². The van der Waals surface area contributed by atoms with Crippen molar-refractivity contribution in [1.29, 1.82) is 0 Å². The molecule has 118 valence electrons. The van der Waals surface area contributed by atoms with Crippen LogP contribution in [0.25, 0.3) is 10.8 Å². The van der Waals surface area contributed by atoms with Crippen LogP contribution in [0, 0.1) is 20.8 Å². The van der Waals surface area contributed by atoms with Gasteiger partial charge in [0.1, 0.15) is 0 Å². The summed E-state index contributed by atoms with van der Waals surface area (Å²) >= 11 is 0. The molecule has 1 aromatic heterocycles. The summed E-state index contributed by atoms with van der Waals surface area (Å²) in [5.41, 5.74) is 3.10. The molecule has 0 amide bonds. The van der Waals surface area contributed by atoms with E-state index in [1.807, 2.05) is 51.1 Å². The molecule has 1 N–H and O–H groups in total. The number of pyridine rings is 1. The highest BCUT2D eigenvalue weighted by molar-refractivity contribution is 7.92. The first-order valence-corrected chi connectivity index (χ1v) is 8.80. The molecule has 0 saturated carbocycles. The second-order valence-corrected chi connectivity index (χ2v) is 7.35. The van der Waals surface area contributed by atoms with E-state index in [4.69, 9.17) is 0 Å². The van der Waals surface area contributed by atoms with Crippen LogP contribution in [-0.2, 0) is 10.0 Å². The van der Waals surface area contributed by atoms with E-state index in [0.717, 1.165) is 27.5 Å². The Labute approximate surface area is 136 Å². The minimum Gasteiger partial charge on any atom is -0.279 e. The molecule has 0 aliphatic rings. The summed E-state index contributed by atoms with van der Waals surface area (Å²) < 4.78 is 28.5. The maximum absolute atomic E-state index is 12.9. The van der Waals surface area contributed by atoms with Gasteiger partial charge in [0.05, 0.1) is 10.6 Å². The van der Waals surface area contributed by atoms with Crippen molar-refractivity contribution in [3.8, 4) is 0 Å². The minimum absolute atomic E-state index is 0.342. The van der Waals surface area contributed by atoms with Crippen LogP contribution in [0.1, 0.15) is 16.7 Å².